The second kappa shape index (κ2) is 9.00. The quantitative estimate of drug-likeness (QED) is 0.525. The molecule has 0 spiro atoms. The van der Waals surface area contributed by atoms with Crippen molar-refractivity contribution in [2.45, 2.75) is 26.4 Å². The Morgan fingerprint density at radius 1 is 1.09 bits per heavy atom. The number of nitrogens with one attached hydrogen (secondary N) is 1. The molecule has 1 aliphatic rings. The fourth-order valence-corrected chi connectivity index (χ4v) is 3.57. The number of carbonyl (C=O) groups excluding carboxylic acids is 1. The molecule has 0 saturated carbocycles. The van der Waals surface area contributed by atoms with Gasteiger partial charge in [-0.15, -0.1) is 0 Å². The average molecular weight is 466 g/mol. The highest BCUT2D eigenvalue weighted by molar-refractivity contribution is 5.96. The summed E-state index contributed by atoms with van der Waals surface area (Å²) in [7, 11) is 0. The summed E-state index contributed by atoms with van der Waals surface area (Å²) >= 11 is 0. The normalized spacial score (nSPS) is 14.2. The van der Waals surface area contributed by atoms with Gasteiger partial charge in [0.15, 0.2) is 5.65 Å². The molecule has 4 rings (SSSR count). The molecule has 11 nitrogen and oxygen atoms in total. The van der Waals surface area contributed by atoms with Gasteiger partial charge in [-0.1, -0.05) is 0 Å². The van der Waals surface area contributed by atoms with Crippen molar-refractivity contribution < 1.29 is 19.4 Å². The molecule has 4 N–H and O–H groups in total. The predicted octanol–water partition coefficient (Wildman–Crippen LogP) is 3.11. The number of aromatic carboxylic acids is 1. The number of aromatic nitrogens is 3. The summed E-state index contributed by atoms with van der Waals surface area (Å²) in [6.07, 6.45) is 1.22. The maximum atomic E-state index is 12.2. The van der Waals surface area contributed by atoms with E-state index in [1.807, 2.05) is 45.0 Å². The molecule has 1 aromatic carbocycles. The molecule has 2 aromatic heterocycles. The number of carboxylic acids is 1. The fraction of sp³-hybridized carbons (Fsp3) is 0.348. The van der Waals surface area contributed by atoms with E-state index in [0.29, 0.717) is 43.2 Å². The van der Waals surface area contributed by atoms with Gasteiger partial charge >= 0.3 is 12.1 Å². The number of pyridine rings is 1. The predicted molar refractivity (Wildman–Crippen MR) is 128 cm³/mol. The molecule has 3 aromatic rings. The first-order chi connectivity index (χ1) is 16.1. The Kier molecular flexibility index (Phi) is 6.10. The molecule has 1 saturated heterocycles. The molecule has 1 aliphatic heterocycles. The van der Waals surface area contributed by atoms with Crippen molar-refractivity contribution in [1.29, 1.82) is 0 Å². The highest BCUT2D eigenvalue weighted by Gasteiger charge is 2.26. The first-order valence-electron chi connectivity index (χ1n) is 10.9. The summed E-state index contributed by atoms with van der Waals surface area (Å²) in [5, 5.41) is 12.8. The lowest BCUT2D eigenvalue weighted by Crippen LogP contribution is -2.50. The Morgan fingerprint density at radius 3 is 2.38 bits per heavy atom. The van der Waals surface area contributed by atoms with E-state index in [4.69, 9.17) is 15.6 Å². The zero-order valence-corrected chi connectivity index (χ0v) is 19.3. The van der Waals surface area contributed by atoms with Gasteiger partial charge in [-0.25, -0.2) is 19.6 Å². The molecule has 0 aliphatic carbocycles. The van der Waals surface area contributed by atoms with E-state index in [9.17, 15) is 9.59 Å². The number of hydrogen-bond acceptors (Lipinski definition) is 9. The molecule has 11 heteroatoms. The number of rotatable bonds is 4. The van der Waals surface area contributed by atoms with Crippen LogP contribution < -0.4 is 16.0 Å². The van der Waals surface area contributed by atoms with Gasteiger partial charge in [0.2, 0.25) is 5.95 Å². The lowest BCUT2D eigenvalue weighted by molar-refractivity contribution is 0.0240. The lowest BCUT2D eigenvalue weighted by atomic mass is 10.2. The van der Waals surface area contributed by atoms with Gasteiger partial charge in [0.25, 0.3) is 0 Å². The van der Waals surface area contributed by atoms with Crippen LogP contribution in [0, 0.1) is 0 Å². The molecule has 178 valence electrons. The smallest absolute Gasteiger partial charge is 0.410 e. The number of fused-ring (bicyclic) bond motifs is 1. The van der Waals surface area contributed by atoms with E-state index in [2.05, 4.69) is 25.2 Å². The van der Waals surface area contributed by atoms with Gasteiger partial charge in [-0.05, 0) is 51.1 Å². The highest BCUT2D eigenvalue weighted by Crippen LogP contribution is 2.23. The summed E-state index contributed by atoms with van der Waals surface area (Å²) in [4.78, 5) is 40.0. The van der Waals surface area contributed by atoms with Gasteiger partial charge in [-0.3, -0.25) is 0 Å². The molecule has 0 atom stereocenters. The third-order valence-electron chi connectivity index (χ3n) is 5.25. The third-order valence-corrected chi connectivity index (χ3v) is 5.25. The first-order valence-corrected chi connectivity index (χ1v) is 10.9. The Morgan fingerprint density at radius 2 is 1.76 bits per heavy atom. The van der Waals surface area contributed by atoms with Crippen LogP contribution in [0.5, 0.6) is 0 Å². The molecule has 0 unspecified atom stereocenters. The van der Waals surface area contributed by atoms with Crippen LogP contribution >= 0.6 is 0 Å². The fourth-order valence-electron chi connectivity index (χ4n) is 3.57. The number of piperazine rings is 1. The summed E-state index contributed by atoms with van der Waals surface area (Å²) in [6.45, 7) is 8.21. The van der Waals surface area contributed by atoms with E-state index in [1.54, 1.807) is 4.90 Å². The van der Waals surface area contributed by atoms with Crippen LogP contribution in [0.2, 0.25) is 0 Å². The van der Waals surface area contributed by atoms with Crippen LogP contribution in [0.15, 0.2) is 36.5 Å². The second-order valence-corrected chi connectivity index (χ2v) is 8.96. The molecule has 0 radical (unpaired) electrons. The topological polar surface area (TPSA) is 147 Å². The number of nitrogen functional groups attached to an aromatic ring is 1. The Balaban J connectivity index is 1.39. The van der Waals surface area contributed by atoms with Crippen LogP contribution in [-0.4, -0.2) is 68.8 Å². The zero-order chi connectivity index (χ0) is 24.5. The Labute approximate surface area is 196 Å². The molecule has 1 amide bonds. The SMILES string of the molecule is CC(C)(C)OC(=O)N1CCN(c2ccc(Nc3ncc4cc(C(=O)O)c(N)nc4n3)cc2)CC1. The molecule has 34 heavy (non-hydrogen) atoms. The standard InChI is InChI=1S/C23H27N7O4/c1-23(2,3)34-22(33)30-10-8-29(9-11-30)16-6-4-15(5-7-16)26-21-25-13-14-12-17(20(31)32)18(24)27-19(14)28-21/h4-7,12-13H,8-11H2,1-3H3,(H,31,32)(H3,24,25,26,27,28). The van der Waals surface area contributed by atoms with E-state index >= 15 is 0 Å². The number of hydrogen-bond donors (Lipinski definition) is 3. The van der Waals surface area contributed by atoms with Crippen LogP contribution in [0.3, 0.4) is 0 Å². The van der Waals surface area contributed by atoms with E-state index in [-0.39, 0.29) is 17.5 Å². The van der Waals surface area contributed by atoms with Crippen molar-refractivity contribution in [2.24, 2.45) is 0 Å². The van der Waals surface area contributed by atoms with E-state index < -0.39 is 11.6 Å². The third kappa shape index (κ3) is 5.25. The van der Waals surface area contributed by atoms with E-state index in [1.165, 1.54) is 12.3 Å². The first kappa shape index (κ1) is 23.0. The van der Waals surface area contributed by atoms with Gasteiger partial charge in [0.05, 0.1) is 0 Å². The zero-order valence-electron chi connectivity index (χ0n) is 19.3. The van der Waals surface area contributed by atoms with E-state index in [0.717, 1.165) is 11.4 Å². The van der Waals surface area contributed by atoms with Gasteiger partial charge in [0.1, 0.15) is 17.0 Å². The van der Waals surface area contributed by atoms with Crippen LogP contribution in [-0.2, 0) is 4.74 Å². The number of nitrogens with zero attached hydrogens (tertiary/aromatic N) is 5. The van der Waals surface area contributed by atoms with Crippen molar-refractivity contribution in [3.63, 3.8) is 0 Å². The van der Waals surface area contributed by atoms with Crippen molar-refractivity contribution in [3.05, 3.63) is 42.1 Å². The molecular weight excluding hydrogens is 438 g/mol. The number of amides is 1. The molecule has 3 heterocycles. The summed E-state index contributed by atoms with van der Waals surface area (Å²) in [5.74, 6) is -0.928. The lowest BCUT2D eigenvalue weighted by Gasteiger charge is -2.36. The second-order valence-electron chi connectivity index (χ2n) is 8.96. The Bertz CT molecular complexity index is 1220. The number of nitrogens with two attached hydrogens (primary N) is 1. The van der Waals surface area contributed by atoms with Gasteiger partial charge < -0.3 is 30.7 Å². The van der Waals surface area contributed by atoms with Gasteiger partial charge in [-0.2, -0.15) is 4.98 Å². The van der Waals surface area contributed by atoms with Crippen LogP contribution in [0.4, 0.5) is 27.9 Å². The highest BCUT2D eigenvalue weighted by atomic mass is 16.6. The maximum absolute atomic E-state index is 12.2. The molecule has 0 bridgehead atoms. The average Bonchev–Trinajstić information content (AvgIpc) is 2.78. The minimum atomic E-state index is -1.15. The van der Waals surface area contributed by atoms with Crippen LogP contribution in [0.25, 0.3) is 11.0 Å². The monoisotopic (exact) mass is 465 g/mol. The van der Waals surface area contributed by atoms with Crippen molar-refractivity contribution in [2.75, 3.05) is 42.1 Å². The van der Waals surface area contributed by atoms with Crippen LogP contribution in [0.1, 0.15) is 31.1 Å². The summed E-state index contributed by atoms with van der Waals surface area (Å²) < 4.78 is 5.45. The van der Waals surface area contributed by atoms with Gasteiger partial charge in [0, 0.05) is 49.1 Å². The number of ether oxygens (including phenoxy) is 1. The molecular formula is C23H27N7O4. The number of anilines is 4. The number of carboxylic acid groups (broad SMARTS) is 1. The van der Waals surface area contributed by atoms with Crippen molar-refractivity contribution in [1.82, 2.24) is 19.9 Å². The van der Waals surface area contributed by atoms with Crippen molar-refractivity contribution >= 4 is 46.2 Å². The largest absolute Gasteiger partial charge is 0.478 e. The number of benzene rings is 1. The summed E-state index contributed by atoms with van der Waals surface area (Å²) in [6, 6.07) is 9.21. The summed E-state index contributed by atoms with van der Waals surface area (Å²) in [5.41, 5.74) is 7.27. The number of carbonyl (C=O) groups is 2. The minimum Gasteiger partial charge on any atom is -0.478 e. The van der Waals surface area contributed by atoms with Crippen molar-refractivity contribution in [3.8, 4) is 0 Å². The maximum Gasteiger partial charge on any atom is 0.410 e. The Hall–Kier alpha value is -4.15. The minimum absolute atomic E-state index is 0.0840. The molecule has 1 fully saturated rings.